The first-order chi connectivity index (χ1) is 13.6. The van der Waals surface area contributed by atoms with E-state index >= 15 is 0 Å². The van der Waals surface area contributed by atoms with Gasteiger partial charge in [-0.3, -0.25) is 4.99 Å². The molecule has 1 aliphatic rings. The maximum absolute atomic E-state index is 12.2. The Morgan fingerprint density at radius 3 is 2.48 bits per heavy atom. The van der Waals surface area contributed by atoms with Crippen molar-refractivity contribution < 1.29 is 8.42 Å². The van der Waals surface area contributed by atoms with Crippen LogP contribution in [0.1, 0.15) is 12.8 Å². The number of rotatable bonds is 7. The highest BCUT2D eigenvalue weighted by atomic mass is 127. The predicted molar refractivity (Wildman–Crippen MR) is 131 cm³/mol. The highest BCUT2D eigenvalue weighted by molar-refractivity contribution is 14.0. The van der Waals surface area contributed by atoms with Crippen molar-refractivity contribution in [2.45, 2.75) is 23.8 Å². The van der Waals surface area contributed by atoms with Gasteiger partial charge in [-0.1, -0.05) is 18.2 Å². The Balaban J connectivity index is 0.00000300. The monoisotopic (exact) mass is 549 g/mol. The van der Waals surface area contributed by atoms with Crippen molar-refractivity contribution >= 4 is 56.3 Å². The normalized spacial score (nSPS) is 15.6. The van der Waals surface area contributed by atoms with Gasteiger partial charge in [0.2, 0.25) is 10.0 Å². The molecule has 3 rings (SSSR count). The second-order valence-electron chi connectivity index (χ2n) is 6.57. The predicted octanol–water partition coefficient (Wildman–Crippen LogP) is 2.48. The quantitative estimate of drug-likeness (QED) is 0.214. The van der Waals surface area contributed by atoms with E-state index in [1.807, 2.05) is 0 Å². The van der Waals surface area contributed by atoms with Gasteiger partial charge in [0.25, 0.3) is 0 Å². The van der Waals surface area contributed by atoms with E-state index in [1.54, 1.807) is 48.7 Å². The summed E-state index contributed by atoms with van der Waals surface area (Å²) in [5, 5.41) is 10.1. The van der Waals surface area contributed by atoms with Crippen molar-refractivity contribution in [2.75, 3.05) is 38.1 Å². The zero-order chi connectivity index (χ0) is 19.8. The molecular formula is C19H28IN5O2S2. The molecule has 0 spiro atoms. The molecule has 1 aromatic heterocycles. The largest absolute Gasteiger partial charge is 0.363 e. The van der Waals surface area contributed by atoms with Crippen LogP contribution in [0, 0.1) is 0 Å². The number of sulfonamides is 1. The van der Waals surface area contributed by atoms with E-state index in [0.29, 0.717) is 18.5 Å². The van der Waals surface area contributed by atoms with Crippen LogP contribution in [0.2, 0.25) is 0 Å². The molecule has 3 N–H and O–H groups in total. The van der Waals surface area contributed by atoms with Gasteiger partial charge < -0.3 is 15.5 Å². The number of nitrogens with one attached hydrogen (secondary N) is 3. The minimum atomic E-state index is -3.47. The van der Waals surface area contributed by atoms with Gasteiger partial charge in [-0.15, -0.1) is 35.3 Å². The maximum Gasteiger partial charge on any atom is 0.240 e. The van der Waals surface area contributed by atoms with E-state index in [1.165, 1.54) is 5.00 Å². The number of benzene rings is 1. The van der Waals surface area contributed by atoms with Crippen LogP contribution in [-0.4, -0.2) is 53.6 Å². The minimum absolute atomic E-state index is 0. The van der Waals surface area contributed by atoms with Crippen molar-refractivity contribution in [3.63, 3.8) is 0 Å². The third-order valence-corrected chi connectivity index (χ3v) is 7.05. The van der Waals surface area contributed by atoms with Crippen LogP contribution >= 0.6 is 35.3 Å². The van der Waals surface area contributed by atoms with Gasteiger partial charge in [0.15, 0.2) is 5.96 Å². The van der Waals surface area contributed by atoms with Gasteiger partial charge in [-0.05, 0) is 42.5 Å². The number of hydrogen-bond donors (Lipinski definition) is 3. The van der Waals surface area contributed by atoms with Gasteiger partial charge in [0.05, 0.1) is 9.90 Å². The molecule has 0 radical (unpaired) electrons. The van der Waals surface area contributed by atoms with Gasteiger partial charge in [-0.25, -0.2) is 13.1 Å². The molecule has 0 aliphatic carbocycles. The SMILES string of the molecule is CN=C(NCCNS(=O)(=O)c1ccccc1)NC1CCN(c2cccs2)CC1.I. The summed E-state index contributed by atoms with van der Waals surface area (Å²) >= 11 is 1.78. The fraction of sp³-hybridized carbons (Fsp3) is 0.421. The van der Waals surface area contributed by atoms with Crippen LogP contribution in [0.25, 0.3) is 0 Å². The lowest BCUT2D eigenvalue weighted by molar-refractivity contribution is 0.463. The van der Waals surface area contributed by atoms with Crippen molar-refractivity contribution in [3.05, 3.63) is 47.8 Å². The molecule has 0 amide bonds. The zero-order valence-electron chi connectivity index (χ0n) is 16.4. The van der Waals surface area contributed by atoms with Crippen molar-refractivity contribution in [3.8, 4) is 0 Å². The zero-order valence-corrected chi connectivity index (χ0v) is 20.3. The lowest BCUT2D eigenvalue weighted by Crippen LogP contribution is -2.49. The second kappa shape index (κ2) is 11.7. The Morgan fingerprint density at radius 1 is 1.14 bits per heavy atom. The molecule has 1 saturated heterocycles. The molecule has 1 fully saturated rings. The van der Waals surface area contributed by atoms with Gasteiger partial charge in [0, 0.05) is 39.3 Å². The molecule has 0 unspecified atom stereocenters. The average molecular weight is 550 g/mol. The number of guanidine groups is 1. The van der Waals surface area contributed by atoms with E-state index < -0.39 is 10.0 Å². The highest BCUT2D eigenvalue weighted by Crippen LogP contribution is 2.24. The molecular weight excluding hydrogens is 521 g/mol. The van der Waals surface area contributed by atoms with Crippen LogP contribution in [0.15, 0.2) is 57.7 Å². The maximum atomic E-state index is 12.2. The first-order valence-corrected chi connectivity index (χ1v) is 11.7. The topological polar surface area (TPSA) is 85.8 Å². The Morgan fingerprint density at radius 2 is 1.86 bits per heavy atom. The van der Waals surface area contributed by atoms with Gasteiger partial charge in [0.1, 0.15) is 0 Å². The second-order valence-corrected chi connectivity index (χ2v) is 9.26. The summed E-state index contributed by atoms with van der Waals surface area (Å²) < 4.78 is 27.0. The fourth-order valence-electron chi connectivity index (χ4n) is 3.13. The van der Waals surface area contributed by atoms with Crippen molar-refractivity contribution in [2.24, 2.45) is 4.99 Å². The Labute approximate surface area is 194 Å². The van der Waals surface area contributed by atoms with E-state index in [4.69, 9.17) is 0 Å². The molecule has 1 aromatic carbocycles. The first kappa shape index (κ1) is 23.9. The van der Waals surface area contributed by atoms with E-state index in [2.05, 4.69) is 42.8 Å². The Hall–Kier alpha value is -1.37. The molecule has 10 heteroatoms. The number of anilines is 1. The molecule has 7 nitrogen and oxygen atoms in total. The van der Waals surface area contributed by atoms with Gasteiger partial charge in [-0.2, -0.15) is 0 Å². The average Bonchev–Trinajstić information content (AvgIpc) is 3.26. The third-order valence-electron chi connectivity index (χ3n) is 4.64. The minimum Gasteiger partial charge on any atom is -0.363 e. The Bertz CT molecular complexity index is 852. The number of nitrogens with zero attached hydrogens (tertiary/aromatic N) is 2. The summed E-state index contributed by atoms with van der Waals surface area (Å²) in [7, 11) is -1.75. The number of halogens is 1. The van der Waals surface area contributed by atoms with Crippen LogP contribution in [0.3, 0.4) is 0 Å². The van der Waals surface area contributed by atoms with Crippen molar-refractivity contribution in [1.29, 1.82) is 0 Å². The molecule has 2 heterocycles. The van der Waals surface area contributed by atoms with Crippen LogP contribution in [0.5, 0.6) is 0 Å². The van der Waals surface area contributed by atoms with Crippen LogP contribution in [0.4, 0.5) is 5.00 Å². The van der Waals surface area contributed by atoms with E-state index in [0.717, 1.165) is 25.9 Å². The lowest BCUT2D eigenvalue weighted by Gasteiger charge is -2.33. The van der Waals surface area contributed by atoms with Gasteiger partial charge >= 0.3 is 0 Å². The summed E-state index contributed by atoms with van der Waals surface area (Å²) in [5.74, 6) is 0.702. The Kier molecular flexibility index (Phi) is 9.66. The summed E-state index contributed by atoms with van der Waals surface area (Å²) in [6.45, 7) is 2.78. The lowest BCUT2D eigenvalue weighted by atomic mass is 10.1. The molecule has 0 saturated carbocycles. The highest BCUT2D eigenvalue weighted by Gasteiger charge is 2.20. The van der Waals surface area contributed by atoms with E-state index in [-0.39, 0.29) is 35.4 Å². The van der Waals surface area contributed by atoms with E-state index in [9.17, 15) is 8.42 Å². The number of aliphatic imine (C=N–C) groups is 1. The third kappa shape index (κ3) is 7.12. The number of hydrogen-bond acceptors (Lipinski definition) is 5. The first-order valence-electron chi connectivity index (χ1n) is 9.39. The van der Waals surface area contributed by atoms with Crippen LogP contribution in [-0.2, 0) is 10.0 Å². The number of piperidine rings is 1. The summed E-state index contributed by atoms with van der Waals surface area (Å²) in [6.07, 6.45) is 2.08. The number of thiophene rings is 1. The standard InChI is InChI=1S/C19H27N5O2S2.HI/c1-20-19(21-11-12-22-28(25,26)17-6-3-2-4-7-17)23-16-9-13-24(14-10-16)18-8-5-15-27-18;/h2-8,15-16,22H,9-14H2,1H3,(H2,20,21,23);1H. The fourth-order valence-corrected chi connectivity index (χ4v) is 4.97. The molecule has 0 bridgehead atoms. The molecule has 29 heavy (non-hydrogen) atoms. The summed E-state index contributed by atoms with van der Waals surface area (Å²) in [6, 6.07) is 13.0. The molecule has 160 valence electrons. The molecule has 2 aromatic rings. The van der Waals surface area contributed by atoms with Crippen molar-refractivity contribution in [1.82, 2.24) is 15.4 Å². The summed E-state index contributed by atoms with van der Waals surface area (Å²) in [5.41, 5.74) is 0. The smallest absolute Gasteiger partial charge is 0.240 e. The van der Waals surface area contributed by atoms with Crippen LogP contribution < -0.4 is 20.3 Å². The summed E-state index contributed by atoms with van der Waals surface area (Å²) in [4.78, 5) is 6.94. The molecule has 0 atom stereocenters. The molecule has 1 aliphatic heterocycles.